The Kier molecular flexibility index (Phi) is 11.5. The lowest BCUT2D eigenvalue weighted by Gasteiger charge is -2.47. The smallest absolute Gasteiger partial charge is 0.343 e. The predicted molar refractivity (Wildman–Crippen MR) is 175 cm³/mol. The molecular formula is C35H40O19. The van der Waals surface area contributed by atoms with Crippen molar-refractivity contribution in [1.82, 2.24) is 0 Å². The van der Waals surface area contributed by atoms with Crippen molar-refractivity contribution >= 4 is 11.9 Å². The SMILES string of the molecule is C=C[C@H]1[C@H](O[C@H]2O[C@@H](CO)[C@@H](O)[C@H](O)[C@H]2OC(=O)c2c(O)cc(O[C@H]3O[C@H](CO)[C@H](O)[C@@H](O)[C@H]3O)cc2-c2cccc(O)c2)OC=C2C(=O)OCC[C@]21O. The van der Waals surface area contributed by atoms with E-state index in [9.17, 15) is 60.7 Å². The number of aliphatic hydroxyl groups is 8. The van der Waals surface area contributed by atoms with E-state index in [1.54, 1.807) is 0 Å². The quantitative estimate of drug-likeness (QED) is 0.0894. The van der Waals surface area contributed by atoms with Crippen molar-refractivity contribution in [1.29, 1.82) is 0 Å². The molecule has 0 spiro atoms. The van der Waals surface area contributed by atoms with E-state index in [1.165, 1.54) is 36.4 Å². The van der Waals surface area contributed by atoms with Crippen LogP contribution in [0, 0.1) is 5.92 Å². The minimum absolute atomic E-state index is 0.0673. The van der Waals surface area contributed by atoms with E-state index >= 15 is 0 Å². The summed E-state index contributed by atoms with van der Waals surface area (Å²) in [7, 11) is 0. The number of carbonyl (C=O) groups excluding carboxylic acids is 2. The second-order valence-electron chi connectivity index (χ2n) is 13.1. The summed E-state index contributed by atoms with van der Waals surface area (Å²) in [4.78, 5) is 26.4. The maximum absolute atomic E-state index is 14.0. The highest BCUT2D eigenvalue weighted by atomic mass is 16.8. The van der Waals surface area contributed by atoms with Gasteiger partial charge in [0.1, 0.15) is 76.7 Å². The highest BCUT2D eigenvalue weighted by Crippen LogP contribution is 2.43. The highest BCUT2D eigenvalue weighted by molar-refractivity contribution is 6.00. The van der Waals surface area contributed by atoms with Gasteiger partial charge in [-0.25, -0.2) is 9.59 Å². The zero-order chi connectivity index (χ0) is 39.1. The molecule has 0 aromatic heterocycles. The van der Waals surface area contributed by atoms with E-state index in [4.69, 9.17) is 33.2 Å². The van der Waals surface area contributed by atoms with Gasteiger partial charge in [0, 0.05) is 18.1 Å². The Morgan fingerprint density at radius 3 is 2.26 bits per heavy atom. The fraction of sp³-hybridized carbons (Fsp3) is 0.486. The largest absolute Gasteiger partial charge is 0.508 e. The Balaban J connectivity index is 1.33. The highest BCUT2D eigenvalue weighted by Gasteiger charge is 2.55. The number of rotatable bonds is 10. The van der Waals surface area contributed by atoms with Gasteiger partial charge in [-0.2, -0.15) is 0 Å². The van der Waals surface area contributed by atoms with Gasteiger partial charge in [0.2, 0.25) is 18.9 Å². The molecule has 19 heteroatoms. The van der Waals surface area contributed by atoms with Crippen LogP contribution >= 0.6 is 0 Å². The standard InChI is InChI=1S/C35H40O19/c1-2-18-32(49-13-19-30(45)48-7-6-35(18,19)47)54-34-29(27(43)25(41)22(12-37)52-34)53-31(46)23-17(14-4-3-5-15(38)8-14)9-16(10-20(23)39)50-33-28(44)26(42)24(40)21(11-36)51-33/h2-5,8-10,13,18,21-22,24-29,32-34,36-44,47H,1,6-7,11-12H2/t18-,21+,22-,24-,25+,26+,27-,28+,29+,32-,33-,34+,35+/m0/s1. The first kappa shape index (κ1) is 39.3. The Hall–Kier alpha value is -4.38. The molecular weight excluding hydrogens is 724 g/mol. The summed E-state index contributed by atoms with van der Waals surface area (Å²) in [6.07, 6.45) is -16.8. The minimum atomic E-state index is -1.99. The Bertz CT molecular complexity index is 1750. The van der Waals surface area contributed by atoms with Crippen molar-refractivity contribution in [3.63, 3.8) is 0 Å². The zero-order valence-electron chi connectivity index (χ0n) is 28.2. The minimum Gasteiger partial charge on any atom is -0.508 e. The number of fused-ring (bicyclic) bond motifs is 1. The van der Waals surface area contributed by atoms with Gasteiger partial charge in [0.15, 0.2) is 6.10 Å². The summed E-state index contributed by atoms with van der Waals surface area (Å²) in [5, 5.41) is 105. The number of phenols is 2. The van der Waals surface area contributed by atoms with E-state index in [2.05, 4.69) is 6.58 Å². The number of esters is 2. The molecule has 3 saturated heterocycles. The Labute approximate surface area is 306 Å². The summed E-state index contributed by atoms with van der Waals surface area (Å²) in [5.74, 6) is -4.67. The molecule has 294 valence electrons. The topological polar surface area (TPSA) is 301 Å². The monoisotopic (exact) mass is 764 g/mol. The molecule has 3 fully saturated rings. The number of aliphatic hydroxyl groups excluding tert-OH is 7. The lowest BCUT2D eigenvalue weighted by molar-refractivity contribution is -0.343. The maximum atomic E-state index is 14.0. The molecule has 13 atom stereocenters. The molecule has 0 radical (unpaired) electrons. The first-order valence-electron chi connectivity index (χ1n) is 16.7. The molecule has 6 rings (SSSR count). The van der Waals surface area contributed by atoms with Gasteiger partial charge in [0.25, 0.3) is 0 Å². The van der Waals surface area contributed by atoms with Crippen LogP contribution in [-0.4, -0.2) is 156 Å². The van der Waals surface area contributed by atoms with Crippen LogP contribution in [0.2, 0.25) is 0 Å². The fourth-order valence-corrected chi connectivity index (χ4v) is 6.74. The molecule has 4 aliphatic rings. The molecule has 0 unspecified atom stereocenters. The van der Waals surface area contributed by atoms with Crippen LogP contribution in [0.25, 0.3) is 11.1 Å². The number of phenolic OH excluding ortho intramolecular Hbond substituents is 2. The number of hydrogen-bond acceptors (Lipinski definition) is 19. The third kappa shape index (κ3) is 7.23. The van der Waals surface area contributed by atoms with E-state index in [1.807, 2.05) is 0 Å². The summed E-state index contributed by atoms with van der Waals surface area (Å²) >= 11 is 0. The molecule has 10 N–H and O–H groups in total. The van der Waals surface area contributed by atoms with E-state index < -0.39 is 116 Å². The van der Waals surface area contributed by atoms with E-state index in [0.29, 0.717) is 0 Å². The average molecular weight is 765 g/mol. The van der Waals surface area contributed by atoms with Crippen molar-refractivity contribution < 1.29 is 93.8 Å². The molecule has 0 bridgehead atoms. The van der Waals surface area contributed by atoms with Crippen LogP contribution in [0.3, 0.4) is 0 Å². The fourth-order valence-electron chi connectivity index (χ4n) is 6.74. The molecule has 54 heavy (non-hydrogen) atoms. The van der Waals surface area contributed by atoms with Crippen LogP contribution < -0.4 is 4.74 Å². The summed E-state index contributed by atoms with van der Waals surface area (Å²) in [6.45, 7) is 1.99. The second kappa shape index (κ2) is 15.8. The number of aromatic hydroxyl groups is 2. The van der Waals surface area contributed by atoms with Gasteiger partial charge in [-0.15, -0.1) is 6.58 Å². The predicted octanol–water partition coefficient (Wildman–Crippen LogP) is -2.36. The van der Waals surface area contributed by atoms with Gasteiger partial charge in [-0.3, -0.25) is 0 Å². The zero-order valence-corrected chi connectivity index (χ0v) is 28.2. The summed E-state index contributed by atoms with van der Waals surface area (Å²) in [6, 6.07) is 7.47. The van der Waals surface area contributed by atoms with Gasteiger partial charge in [0.05, 0.1) is 32.0 Å². The third-order valence-corrected chi connectivity index (χ3v) is 9.71. The second-order valence-corrected chi connectivity index (χ2v) is 13.1. The molecule has 0 saturated carbocycles. The Morgan fingerprint density at radius 2 is 1.59 bits per heavy atom. The number of benzene rings is 2. The molecule has 4 aliphatic heterocycles. The van der Waals surface area contributed by atoms with Crippen molar-refractivity contribution in [2.75, 3.05) is 19.8 Å². The summed E-state index contributed by atoms with van der Waals surface area (Å²) < 4.78 is 38.9. The third-order valence-electron chi connectivity index (χ3n) is 9.71. The van der Waals surface area contributed by atoms with Gasteiger partial charge in [-0.05, 0) is 23.8 Å². The molecule has 2 aromatic carbocycles. The summed E-state index contributed by atoms with van der Waals surface area (Å²) in [5.41, 5.74) is -2.69. The van der Waals surface area contributed by atoms with Crippen molar-refractivity contribution in [2.24, 2.45) is 5.92 Å². The van der Waals surface area contributed by atoms with E-state index in [-0.39, 0.29) is 41.2 Å². The molecule has 0 aliphatic carbocycles. The molecule has 0 amide bonds. The van der Waals surface area contributed by atoms with Crippen molar-refractivity contribution in [2.45, 2.75) is 79.7 Å². The van der Waals surface area contributed by atoms with Gasteiger partial charge < -0.3 is 84.2 Å². The number of ether oxygens (including phenoxy) is 7. The molecule has 4 heterocycles. The maximum Gasteiger partial charge on any atom is 0.343 e. The number of carbonyl (C=O) groups is 2. The normalized spacial score (nSPS) is 36.5. The van der Waals surface area contributed by atoms with Crippen molar-refractivity contribution in [3.8, 4) is 28.4 Å². The van der Waals surface area contributed by atoms with Gasteiger partial charge in [-0.1, -0.05) is 18.2 Å². The molecule has 2 aromatic rings. The first-order valence-corrected chi connectivity index (χ1v) is 16.7. The van der Waals surface area contributed by atoms with Crippen molar-refractivity contribution in [3.05, 3.63) is 66.5 Å². The molecule has 19 nitrogen and oxygen atoms in total. The van der Waals surface area contributed by atoms with Crippen LogP contribution in [0.1, 0.15) is 16.8 Å². The van der Waals surface area contributed by atoms with Crippen LogP contribution in [-0.2, 0) is 33.2 Å². The van der Waals surface area contributed by atoms with Crippen LogP contribution in [0.4, 0.5) is 0 Å². The first-order chi connectivity index (χ1) is 25.7. The number of cyclic esters (lactones) is 1. The van der Waals surface area contributed by atoms with Crippen LogP contribution in [0.5, 0.6) is 17.2 Å². The van der Waals surface area contributed by atoms with Crippen LogP contribution in [0.15, 0.2) is 60.9 Å². The lowest BCUT2D eigenvalue weighted by Crippen LogP contribution is -2.62. The number of hydrogen-bond donors (Lipinski definition) is 10. The Morgan fingerprint density at radius 1 is 0.907 bits per heavy atom. The van der Waals surface area contributed by atoms with E-state index in [0.717, 1.165) is 12.3 Å². The average Bonchev–Trinajstić information content (AvgIpc) is 3.14. The van der Waals surface area contributed by atoms with Gasteiger partial charge >= 0.3 is 11.9 Å². The lowest BCUT2D eigenvalue weighted by atomic mass is 9.76.